The molecule has 1 aromatic rings. The Morgan fingerprint density at radius 3 is 2.65 bits per heavy atom. The van der Waals surface area contributed by atoms with E-state index < -0.39 is 0 Å². The van der Waals surface area contributed by atoms with E-state index in [1.807, 2.05) is 30.3 Å². The van der Waals surface area contributed by atoms with Gasteiger partial charge in [-0.3, -0.25) is 4.79 Å². The Bertz CT molecular complexity index is 372. The van der Waals surface area contributed by atoms with Crippen LogP contribution in [0.4, 0.5) is 0 Å². The van der Waals surface area contributed by atoms with Gasteiger partial charge >= 0.3 is 0 Å². The molecule has 1 fully saturated rings. The molecule has 1 aliphatic rings. The molecule has 1 heterocycles. The molecule has 0 N–H and O–H groups in total. The van der Waals surface area contributed by atoms with Crippen molar-refractivity contribution in [2.24, 2.45) is 5.92 Å². The first-order valence-corrected chi connectivity index (χ1v) is 6.52. The molecule has 1 aliphatic heterocycles. The molecule has 0 radical (unpaired) electrons. The van der Waals surface area contributed by atoms with Crippen molar-refractivity contribution < 1.29 is 4.79 Å². The van der Waals surface area contributed by atoms with Gasteiger partial charge in [0.05, 0.1) is 0 Å². The zero-order chi connectivity index (χ0) is 12.3. The van der Waals surface area contributed by atoms with Gasteiger partial charge in [-0.05, 0) is 33.2 Å². The molecule has 0 aliphatic carbocycles. The average Bonchev–Trinajstić information content (AvgIpc) is 2.39. The first-order chi connectivity index (χ1) is 8.18. The van der Waals surface area contributed by atoms with Gasteiger partial charge in [-0.2, -0.15) is 0 Å². The molecule has 1 aromatic carbocycles. The zero-order valence-corrected chi connectivity index (χ0v) is 10.7. The van der Waals surface area contributed by atoms with Crippen molar-refractivity contribution in [3.8, 4) is 0 Å². The molecule has 17 heavy (non-hydrogen) atoms. The molecular formula is C15H21NO. The summed E-state index contributed by atoms with van der Waals surface area (Å²) < 4.78 is 0. The van der Waals surface area contributed by atoms with Gasteiger partial charge in [0.2, 0.25) is 0 Å². The van der Waals surface area contributed by atoms with Crippen LogP contribution in [-0.2, 0) is 0 Å². The van der Waals surface area contributed by atoms with Gasteiger partial charge in [-0.1, -0.05) is 30.3 Å². The summed E-state index contributed by atoms with van der Waals surface area (Å²) in [5, 5.41) is 0. The van der Waals surface area contributed by atoms with E-state index in [9.17, 15) is 4.79 Å². The molecule has 0 amide bonds. The highest BCUT2D eigenvalue weighted by molar-refractivity contribution is 5.98. The maximum Gasteiger partial charge on any atom is 0.167 e. The summed E-state index contributed by atoms with van der Waals surface area (Å²) in [6.07, 6.45) is 2.18. The number of benzene rings is 1. The Kier molecular flexibility index (Phi) is 3.95. The van der Waals surface area contributed by atoms with Crippen molar-refractivity contribution in [3.05, 3.63) is 35.9 Å². The number of carbonyl (C=O) groups excluding carboxylic acids is 1. The number of carbonyl (C=O) groups is 1. The lowest BCUT2D eigenvalue weighted by Crippen LogP contribution is -2.42. The van der Waals surface area contributed by atoms with E-state index in [1.165, 1.54) is 0 Å². The van der Waals surface area contributed by atoms with Crippen LogP contribution in [0.2, 0.25) is 0 Å². The van der Waals surface area contributed by atoms with Crippen LogP contribution in [0.1, 0.15) is 37.0 Å². The second kappa shape index (κ2) is 5.46. The first kappa shape index (κ1) is 12.3. The van der Waals surface area contributed by atoms with Crippen LogP contribution in [0, 0.1) is 5.92 Å². The van der Waals surface area contributed by atoms with Gasteiger partial charge in [0.25, 0.3) is 0 Å². The Hall–Kier alpha value is -1.15. The smallest absolute Gasteiger partial charge is 0.167 e. The lowest BCUT2D eigenvalue weighted by Gasteiger charge is -2.34. The Labute approximate surface area is 104 Å². The number of nitrogens with zero attached hydrogens (tertiary/aromatic N) is 1. The minimum Gasteiger partial charge on any atom is -0.300 e. The van der Waals surface area contributed by atoms with Crippen LogP contribution >= 0.6 is 0 Å². The molecule has 0 saturated carbocycles. The van der Waals surface area contributed by atoms with E-state index in [1.54, 1.807) is 0 Å². The number of hydrogen-bond acceptors (Lipinski definition) is 2. The SMILES string of the molecule is CC(C)N1CCCC(C(=O)c2ccccc2)C1. The Morgan fingerprint density at radius 2 is 2.00 bits per heavy atom. The van der Waals surface area contributed by atoms with Crippen LogP contribution in [-0.4, -0.2) is 29.8 Å². The Morgan fingerprint density at radius 1 is 1.29 bits per heavy atom. The van der Waals surface area contributed by atoms with Crippen LogP contribution in [0.15, 0.2) is 30.3 Å². The predicted octanol–water partition coefficient (Wildman–Crippen LogP) is 2.99. The maximum atomic E-state index is 12.3. The lowest BCUT2D eigenvalue weighted by molar-refractivity contribution is 0.0781. The van der Waals surface area contributed by atoms with Crippen molar-refractivity contribution in [3.63, 3.8) is 0 Å². The van der Waals surface area contributed by atoms with Gasteiger partial charge in [0, 0.05) is 24.1 Å². The van der Waals surface area contributed by atoms with Gasteiger partial charge in [-0.15, -0.1) is 0 Å². The summed E-state index contributed by atoms with van der Waals surface area (Å²) in [6, 6.07) is 10.2. The van der Waals surface area contributed by atoms with Crippen molar-refractivity contribution in [1.29, 1.82) is 0 Å². The van der Waals surface area contributed by atoms with Crippen molar-refractivity contribution in [2.75, 3.05) is 13.1 Å². The average molecular weight is 231 g/mol. The molecule has 2 rings (SSSR count). The standard InChI is InChI=1S/C15H21NO/c1-12(2)16-10-6-9-14(11-16)15(17)13-7-4-3-5-8-13/h3-5,7-8,12,14H,6,9-11H2,1-2H3. The summed E-state index contributed by atoms with van der Waals surface area (Å²) in [5.41, 5.74) is 0.864. The van der Waals surface area contributed by atoms with E-state index in [0.29, 0.717) is 11.8 Å². The minimum atomic E-state index is 0.188. The van der Waals surface area contributed by atoms with Gasteiger partial charge < -0.3 is 4.90 Å². The third-order valence-corrected chi connectivity index (χ3v) is 3.61. The van der Waals surface area contributed by atoms with E-state index >= 15 is 0 Å². The van der Waals surface area contributed by atoms with E-state index in [-0.39, 0.29) is 5.92 Å². The molecule has 0 spiro atoms. The van der Waals surface area contributed by atoms with Gasteiger partial charge in [0.1, 0.15) is 0 Å². The number of ketones is 1. The maximum absolute atomic E-state index is 12.3. The molecule has 92 valence electrons. The highest BCUT2D eigenvalue weighted by Crippen LogP contribution is 2.22. The van der Waals surface area contributed by atoms with Crippen LogP contribution in [0.25, 0.3) is 0 Å². The number of rotatable bonds is 3. The van der Waals surface area contributed by atoms with E-state index in [4.69, 9.17) is 0 Å². The third kappa shape index (κ3) is 2.95. The number of piperidine rings is 1. The highest BCUT2D eigenvalue weighted by Gasteiger charge is 2.27. The van der Waals surface area contributed by atoms with Crippen LogP contribution in [0.3, 0.4) is 0 Å². The number of likely N-dealkylation sites (tertiary alicyclic amines) is 1. The summed E-state index contributed by atoms with van der Waals surface area (Å²) in [5.74, 6) is 0.504. The Balaban J connectivity index is 2.05. The largest absolute Gasteiger partial charge is 0.300 e. The molecule has 1 saturated heterocycles. The number of Topliss-reactive ketones (excluding diaryl/α,β-unsaturated/α-hetero) is 1. The fraction of sp³-hybridized carbons (Fsp3) is 0.533. The quantitative estimate of drug-likeness (QED) is 0.745. The second-order valence-corrected chi connectivity index (χ2v) is 5.16. The highest BCUT2D eigenvalue weighted by atomic mass is 16.1. The third-order valence-electron chi connectivity index (χ3n) is 3.61. The monoisotopic (exact) mass is 231 g/mol. The van der Waals surface area contributed by atoms with E-state index in [2.05, 4.69) is 18.7 Å². The minimum absolute atomic E-state index is 0.188. The number of hydrogen-bond donors (Lipinski definition) is 0. The summed E-state index contributed by atoms with van der Waals surface area (Å²) in [7, 11) is 0. The lowest BCUT2D eigenvalue weighted by atomic mass is 9.89. The van der Waals surface area contributed by atoms with Crippen molar-refractivity contribution in [2.45, 2.75) is 32.7 Å². The van der Waals surface area contributed by atoms with Crippen molar-refractivity contribution in [1.82, 2.24) is 4.90 Å². The van der Waals surface area contributed by atoms with E-state index in [0.717, 1.165) is 31.5 Å². The summed E-state index contributed by atoms with van der Waals surface area (Å²) >= 11 is 0. The van der Waals surface area contributed by atoms with Gasteiger partial charge in [0.15, 0.2) is 5.78 Å². The molecule has 0 bridgehead atoms. The van der Waals surface area contributed by atoms with Crippen LogP contribution < -0.4 is 0 Å². The predicted molar refractivity (Wildman–Crippen MR) is 70.2 cm³/mol. The zero-order valence-electron chi connectivity index (χ0n) is 10.7. The summed E-state index contributed by atoms with van der Waals surface area (Å²) in [4.78, 5) is 14.8. The normalized spacial score (nSPS) is 21.7. The summed E-state index contributed by atoms with van der Waals surface area (Å²) in [6.45, 7) is 6.46. The van der Waals surface area contributed by atoms with Crippen LogP contribution in [0.5, 0.6) is 0 Å². The van der Waals surface area contributed by atoms with Crippen molar-refractivity contribution >= 4 is 5.78 Å². The second-order valence-electron chi connectivity index (χ2n) is 5.16. The molecule has 1 atom stereocenters. The fourth-order valence-electron chi connectivity index (χ4n) is 2.53. The topological polar surface area (TPSA) is 20.3 Å². The molecular weight excluding hydrogens is 210 g/mol. The molecule has 2 heteroatoms. The first-order valence-electron chi connectivity index (χ1n) is 6.52. The molecule has 0 aromatic heterocycles. The fourth-order valence-corrected chi connectivity index (χ4v) is 2.53. The van der Waals surface area contributed by atoms with Gasteiger partial charge in [-0.25, -0.2) is 0 Å². The molecule has 2 nitrogen and oxygen atoms in total. The molecule has 1 unspecified atom stereocenters.